The molecule has 0 saturated carbocycles. The molecule has 0 bridgehead atoms. The van der Waals surface area contributed by atoms with Crippen LogP contribution in [0.1, 0.15) is 47.0 Å². The predicted molar refractivity (Wildman–Crippen MR) is 65.4 cm³/mol. The Morgan fingerprint density at radius 1 is 1.29 bits per heavy atom. The van der Waals surface area contributed by atoms with Crippen molar-refractivity contribution in [2.24, 2.45) is 11.3 Å². The molecule has 1 nitrogen and oxygen atoms in total. The Morgan fingerprint density at radius 2 is 1.93 bits per heavy atom. The lowest BCUT2D eigenvalue weighted by molar-refractivity contribution is 0.433. The molecule has 0 rings (SSSR count). The van der Waals surface area contributed by atoms with Gasteiger partial charge in [-0.3, -0.25) is 0 Å². The number of hydrogen-bond acceptors (Lipinski definition) is 2. The minimum absolute atomic E-state index is 0.122. The molecule has 0 saturated heterocycles. The summed E-state index contributed by atoms with van der Waals surface area (Å²) >= 11 is 2.04. The first kappa shape index (κ1) is 13.8. The van der Waals surface area contributed by atoms with Crippen LogP contribution < -0.4 is 0 Å². The van der Waals surface area contributed by atoms with E-state index < -0.39 is 0 Å². The molecule has 82 valence electrons. The van der Waals surface area contributed by atoms with E-state index in [0.29, 0.717) is 0 Å². The van der Waals surface area contributed by atoms with Crippen LogP contribution in [-0.2, 0) is 0 Å². The van der Waals surface area contributed by atoms with Crippen molar-refractivity contribution >= 4 is 11.8 Å². The number of rotatable bonds is 7. The van der Waals surface area contributed by atoms with Gasteiger partial charge in [0.2, 0.25) is 0 Å². The van der Waals surface area contributed by atoms with Crippen LogP contribution in [0, 0.1) is 22.7 Å². The summed E-state index contributed by atoms with van der Waals surface area (Å²) < 4.78 is 0. The van der Waals surface area contributed by atoms with Gasteiger partial charge in [-0.05, 0) is 44.1 Å². The topological polar surface area (TPSA) is 23.8 Å². The molecule has 2 heteroatoms. The van der Waals surface area contributed by atoms with Gasteiger partial charge in [0, 0.05) is 0 Å². The van der Waals surface area contributed by atoms with Crippen LogP contribution in [0.25, 0.3) is 0 Å². The molecule has 0 N–H and O–H groups in total. The molecule has 0 aliphatic heterocycles. The lowest BCUT2D eigenvalue weighted by atomic mass is 9.89. The van der Waals surface area contributed by atoms with Gasteiger partial charge in [-0.1, -0.05) is 20.3 Å². The quantitative estimate of drug-likeness (QED) is 0.595. The maximum Gasteiger partial charge on any atom is 0.0683 e. The van der Waals surface area contributed by atoms with Gasteiger partial charge in [0.05, 0.1) is 11.5 Å². The molecule has 0 aromatic carbocycles. The molecule has 0 aromatic rings. The van der Waals surface area contributed by atoms with Gasteiger partial charge in [-0.2, -0.15) is 17.0 Å². The molecule has 0 aliphatic carbocycles. The van der Waals surface area contributed by atoms with Crippen LogP contribution in [0.3, 0.4) is 0 Å². The van der Waals surface area contributed by atoms with Gasteiger partial charge in [0.25, 0.3) is 0 Å². The second-order valence-electron chi connectivity index (χ2n) is 4.92. The normalized spacial score (nSPS) is 11.7. The fourth-order valence-electron chi connectivity index (χ4n) is 1.15. The second-order valence-corrected chi connectivity index (χ2v) is 6.07. The van der Waals surface area contributed by atoms with Crippen LogP contribution in [0.5, 0.6) is 0 Å². The summed E-state index contributed by atoms with van der Waals surface area (Å²) in [5.41, 5.74) is -0.122. The molecule has 0 aromatic heterocycles. The van der Waals surface area contributed by atoms with Crippen molar-refractivity contribution in [3.63, 3.8) is 0 Å². The van der Waals surface area contributed by atoms with E-state index in [1.807, 2.05) is 25.6 Å². The Balaban J connectivity index is 3.27. The maximum absolute atomic E-state index is 8.81. The lowest BCUT2D eigenvalue weighted by Gasteiger charge is -2.14. The largest absolute Gasteiger partial charge is 0.198 e. The van der Waals surface area contributed by atoms with Crippen LogP contribution in [-0.4, -0.2) is 11.5 Å². The molecule has 0 heterocycles. The van der Waals surface area contributed by atoms with Crippen molar-refractivity contribution in [3.05, 3.63) is 0 Å². The summed E-state index contributed by atoms with van der Waals surface area (Å²) in [6.45, 7) is 8.56. The number of nitriles is 1. The van der Waals surface area contributed by atoms with Crippen molar-refractivity contribution in [1.29, 1.82) is 5.26 Å². The van der Waals surface area contributed by atoms with Crippen LogP contribution >= 0.6 is 11.8 Å². The Kier molecular flexibility index (Phi) is 7.09. The van der Waals surface area contributed by atoms with Gasteiger partial charge in [0.1, 0.15) is 0 Å². The number of thioether (sulfide) groups is 1. The Hall–Kier alpha value is -0.160. The fourth-order valence-corrected chi connectivity index (χ4v) is 2.19. The molecule has 0 amide bonds. The second kappa shape index (κ2) is 7.17. The number of hydrogen-bond donors (Lipinski definition) is 0. The minimum Gasteiger partial charge on any atom is -0.198 e. The lowest BCUT2D eigenvalue weighted by Crippen LogP contribution is -2.07. The third-order valence-corrected chi connectivity index (χ3v) is 3.57. The summed E-state index contributed by atoms with van der Waals surface area (Å²) in [4.78, 5) is 0. The highest BCUT2D eigenvalue weighted by atomic mass is 32.2. The van der Waals surface area contributed by atoms with Gasteiger partial charge in [0.15, 0.2) is 0 Å². The van der Waals surface area contributed by atoms with Gasteiger partial charge < -0.3 is 0 Å². The molecule has 0 atom stereocenters. The van der Waals surface area contributed by atoms with Crippen molar-refractivity contribution in [1.82, 2.24) is 0 Å². The smallest absolute Gasteiger partial charge is 0.0683 e. The zero-order valence-corrected chi connectivity index (χ0v) is 10.8. The summed E-state index contributed by atoms with van der Waals surface area (Å²) in [6.07, 6.45) is 3.47. The highest BCUT2D eigenvalue weighted by Gasteiger charge is 2.15. The maximum atomic E-state index is 8.81. The van der Waals surface area contributed by atoms with Gasteiger partial charge in [-0.15, -0.1) is 0 Å². The van der Waals surface area contributed by atoms with E-state index in [1.54, 1.807) is 0 Å². The van der Waals surface area contributed by atoms with Crippen LogP contribution in [0.2, 0.25) is 0 Å². The molecule has 0 radical (unpaired) electrons. The first-order valence-corrected chi connectivity index (χ1v) is 6.62. The van der Waals surface area contributed by atoms with Gasteiger partial charge >= 0.3 is 0 Å². The minimum atomic E-state index is -0.122. The molecule has 0 spiro atoms. The van der Waals surface area contributed by atoms with E-state index in [1.165, 1.54) is 24.3 Å². The Bertz CT molecular complexity index is 179. The van der Waals surface area contributed by atoms with E-state index in [4.69, 9.17) is 5.26 Å². The summed E-state index contributed by atoms with van der Waals surface area (Å²) in [5, 5.41) is 8.81. The standard InChI is InChI=1S/C12H23NS/c1-11(2)9-14-8-6-5-7-12(3,4)10-13/h11H,5-9H2,1-4H3. The zero-order chi connectivity index (χ0) is 11.0. The van der Waals surface area contributed by atoms with E-state index in [9.17, 15) is 0 Å². The van der Waals surface area contributed by atoms with Crippen molar-refractivity contribution in [2.75, 3.05) is 11.5 Å². The number of unbranched alkanes of at least 4 members (excludes halogenated alkanes) is 1. The van der Waals surface area contributed by atoms with Crippen molar-refractivity contribution in [3.8, 4) is 6.07 Å². The average molecular weight is 213 g/mol. The third-order valence-electron chi connectivity index (χ3n) is 2.09. The first-order valence-electron chi connectivity index (χ1n) is 5.47. The van der Waals surface area contributed by atoms with E-state index >= 15 is 0 Å². The molecule has 0 unspecified atom stereocenters. The fraction of sp³-hybridized carbons (Fsp3) is 0.917. The van der Waals surface area contributed by atoms with E-state index in [2.05, 4.69) is 19.9 Å². The van der Waals surface area contributed by atoms with Crippen LogP contribution in [0.15, 0.2) is 0 Å². The highest BCUT2D eigenvalue weighted by Crippen LogP contribution is 2.22. The first-order chi connectivity index (χ1) is 6.48. The molecule has 0 aliphatic rings. The van der Waals surface area contributed by atoms with E-state index in [-0.39, 0.29) is 5.41 Å². The molecule has 0 fully saturated rings. The third kappa shape index (κ3) is 8.44. The summed E-state index contributed by atoms with van der Waals surface area (Å²) in [6, 6.07) is 2.34. The Morgan fingerprint density at radius 3 is 2.43 bits per heavy atom. The van der Waals surface area contributed by atoms with Crippen molar-refractivity contribution < 1.29 is 0 Å². The summed E-state index contributed by atoms with van der Waals surface area (Å²) in [7, 11) is 0. The van der Waals surface area contributed by atoms with Gasteiger partial charge in [-0.25, -0.2) is 0 Å². The molecule has 14 heavy (non-hydrogen) atoms. The Labute approximate surface area is 93.3 Å². The molecular formula is C12H23NS. The highest BCUT2D eigenvalue weighted by molar-refractivity contribution is 7.99. The monoisotopic (exact) mass is 213 g/mol. The zero-order valence-electron chi connectivity index (χ0n) is 9.97. The average Bonchev–Trinajstić information content (AvgIpc) is 2.10. The number of nitrogens with zero attached hydrogens (tertiary/aromatic N) is 1. The summed E-state index contributed by atoms with van der Waals surface area (Å²) in [5.74, 6) is 3.32. The van der Waals surface area contributed by atoms with Crippen molar-refractivity contribution in [2.45, 2.75) is 47.0 Å². The molecular weight excluding hydrogens is 190 g/mol. The SMILES string of the molecule is CC(C)CSCCCCC(C)(C)C#N. The predicted octanol–water partition coefficient (Wildman–Crippen LogP) is 4.10. The van der Waals surface area contributed by atoms with E-state index in [0.717, 1.165) is 12.3 Å². The van der Waals surface area contributed by atoms with Crippen LogP contribution in [0.4, 0.5) is 0 Å².